The van der Waals surface area contributed by atoms with Crippen LogP contribution in [0.1, 0.15) is 6.92 Å². The average molecular weight is 419 g/mol. The summed E-state index contributed by atoms with van der Waals surface area (Å²) in [4.78, 5) is 43.2. The quantitative estimate of drug-likeness (QED) is 0.484. The predicted molar refractivity (Wildman–Crippen MR) is 120 cm³/mol. The fourth-order valence-corrected chi connectivity index (χ4v) is 3.55. The molecule has 4 rings (SSSR count). The molecule has 8 nitrogen and oxygen atoms in total. The summed E-state index contributed by atoms with van der Waals surface area (Å²) in [7, 11) is 3.23. The fraction of sp³-hybridized carbons (Fsp3) is 0.143. The van der Waals surface area contributed by atoms with Gasteiger partial charge in [-0.3, -0.25) is 23.7 Å². The molecule has 0 aliphatic carbocycles. The van der Waals surface area contributed by atoms with Crippen molar-refractivity contribution in [3.05, 3.63) is 85.8 Å². The zero-order valence-corrected chi connectivity index (χ0v) is 17.2. The van der Waals surface area contributed by atoms with Crippen molar-refractivity contribution in [2.24, 2.45) is 7.05 Å². The lowest BCUT2D eigenvalue weighted by Gasteiger charge is -2.18. The highest BCUT2D eigenvalue weighted by Gasteiger charge is 2.20. The lowest BCUT2D eigenvalue weighted by atomic mass is 9.96. The number of hydrogen-bond donors (Lipinski definition) is 1. The first-order valence-corrected chi connectivity index (χ1v) is 9.66. The highest BCUT2D eigenvalue weighted by atomic mass is 19.1. The van der Waals surface area contributed by atoms with Crippen LogP contribution in [0.3, 0.4) is 0 Å². The number of halogens is 1. The maximum atomic E-state index is 14.5. The first-order chi connectivity index (χ1) is 14.8. The van der Waals surface area contributed by atoms with Crippen molar-refractivity contribution in [1.29, 1.82) is 0 Å². The molecular weight excluding hydrogens is 400 g/mol. The van der Waals surface area contributed by atoms with Crippen molar-refractivity contribution in [2.75, 3.05) is 5.32 Å². The number of hydrogen-bond acceptors (Lipinski definition) is 5. The van der Waals surface area contributed by atoms with E-state index in [0.717, 1.165) is 10.0 Å². The van der Waals surface area contributed by atoms with E-state index in [1.165, 1.54) is 40.6 Å². The Morgan fingerprint density at radius 1 is 1.13 bits per heavy atom. The van der Waals surface area contributed by atoms with Gasteiger partial charge in [0.1, 0.15) is 24.7 Å². The van der Waals surface area contributed by atoms with Crippen LogP contribution in [0.5, 0.6) is 0 Å². The van der Waals surface area contributed by atoms with E-state index in [9.17, 15) is 18.8 Å². The number of fused-ring (bicyclic) bond motifs is 1. The normalized spacial score (nSPS) is 11.1. The zero-order valence-electron chi connectivity index (χ0n) is 17.2. The highest BCUT2D eigenvalue weighted by Crippen LogP contribution is 2.24. The topological polar surface area (TPSA) is 90.9 Å². The van der Waals surface area contributed by atoms with E-state index in [2.05, 4.69) is 10.3 Å². The van der Waals surface area contributed by atoms with Crippen LogP contribution in [-0.2, 0) is 13.6 Å². The SMILES string of the molecule is Bc1ccc(Nc2cc(=O)n(C)c3c2c(=O)n(CC)c(=O)n3-c2cccnc2)c(F)c1. The zero-order chi connectivity index (χ0) is 22.3. The number of benzene rings is 1. The third-order valence-electron chi connectivity index (χ3n) is 5.12. The van der Waals surface area contributed by atoms with Gasteiger partial charge in [0, 0.05) is 25.9 Å². The number of anilines is 2. The molecule has 1 aromatic carbocycles. The largest absolute Gasteiger partial charge is 0.352 e. The van der Waals surface area contributed by atoms with Crippen LogP contribution in [0.2, 0.25) is 0 Å². The number of aromatic nitrogens is 4. The molecule has 10 heteroatoms. The first kappa shape index (κ1) is 20.3. The Morgan fingerprint density at radius 3 is 2.55 bits per heavy atom. The van der Waals surface area contributed by atoms with Gasteiger partial charge in [-0.05, 0) is 31.2 Å². The summed E-state index contributed by atoms with van der Waals surface area (Å²) in [6, 6.07) is 9.12. The van der Waals surface area contributed by atoms with Gasteiger partial charge in [0.2, 0.25) is 0 Å². The summed E-state index contributed by atoms with van der Waals surface area (Å²) >= 11 is 0. The summed E-state index contributed by atoms with van der Waals surface area (Å²) < 4.78 is 18.0. The van der Waals surface area contributed by atoms with Crippen LogP contribution in [0, 0.1) is 5.82 Å². The molecule has 0 aliphatic rings. The summed E-state index contributed by atoms with van der Waals surface area (Å²) in [6.45, 7) is 1.80. The van der Waals surface area contributed by atoms with E-state index < -0.39 is 22.6 Å². The maximum absolute atomic E-state index is 14.5. The molecule has 4 aromatic rings. The molecule has 156 valence electrons. The Labute approximate surface area is 176 Å². The minimum atomic E-state index is -0.596. The minimum absolute atomic E-state index is 0.0902. The van der Waals surface area contributed by atoms with E-state index in [0.29, 0.717) is 5.69 Å². The van der Waals surface area contributed by atoms with Gasteiger partial charge < -0.3 is 5.32 Å². The number of nitrogens with one attached hydrogen (secondary N) is 1. The molecule has 3 aromatic heterocycles. The van der Waals surface area contributed by atoms with E-state index in [-0.39, 0.29) is 29.0 Å². The molecule has 0 radical (unpaired) electrons. The standard InChI is InChI=1S/C21H19BFN5O3/c1-3-27-20(30)18-16(25-15-7-6-12(22)9-14(15)23)10-17(29)26(2)19(18)28(21(27)31)13-5-4-8-24-11-13/h4-11,25H,3,22H2,1-2H3. The molecule has 0 saturated carbocycles. The van der Waals surface area contributed by atoms with Crippen LogP contribution in [-0.4, -0.2) is 26.5 Å². The molecule has 0 bridgehead atoms. The summed E-state index contributed by atoms with van der Waals surface area (Å²) in [5.41, 5.74) is -0.185. The van der Waals surface area contributed by atoms with Gasteiger partial charge in [0.05, 0.1) is 23.3 Å². The van der Waals surface area contributed by atoms with Gasteiger partial charge in [-0.1, -0.05) is 11.5 Å². The van der Waals surface area contributed by atoms with Crippen LogP contribution in [0.4, 0.5) is 15.8 Å². The number of rotatable bonds is 4. The predicted octanol–water partition coefficient (Wildman–Crippen LogP) is 0.407. The third-order valence-corrected chi connectivity index (χ3v) is 5.12. The van der Waals surface area contributed by atoms with Crippen LogP contribution in [0.15, 0.2) is 63.2 Å². The average Bonchev–Trinajstić information content (AvgIpc) is 2.74. The molecule has 0 unspecified atom stereocenters. The highest BCUT2D eigenvalue weighted by molar-refractivity contribution is 6.32. The van der Waals surface area contributed by atoms with Crippen molar-refractivity contribution >= 4 is 35.7 Å². The molecule has 1 N–H and O–H groups in total. The monoisotopic (exact) mass is 419 g/mol. The molecule has 3 heterocycles. The van der Waals surface area contributed by atoms with Gasteiger partial charge in [0.25, 0.3) is 11.1 Å². The summed E-state index contributed by atoms with van der Waals surface area (Å²) in [5, 5.41) is 2.96. The smallest absolute Gasteiger partial charge is 0.337 e. The Morgan fingerprint density at radius 2 is 1.90 bits per heavy atom. The van der Waals surface area contributed by atoms with Crippen molar-refractivity contribution < 1.29 is 4.39 Å². The van der Waals surface area contributed by atoms with Crippen molar-refractivity contribution in [2.45, 2.75) is 13.5 Å². The maximum Gasteiger partial charge on any atom is 0.337 e. The van der Waals surface area contributed by atoms with Gasteiger partial charge in [-0.15, -0.1) is 0 Å². The number of aryl methyl sites for hydroxylation is 1. The molecule has 0 atom stereocenters. The van der Waals surface area contributed by atoms with Gasteiger partial charge in [0.15, 0.2) is 0 Å². The second-order valence-corrected chi connectivity index (χ2v) is 7.14. The fourth-order valence-electron chi connectivity index (χ4n) is 3.55. The van der Waals surface area contributed by atoms with E-state index in [1.54, 1.807) is 39.2 Å². The molecule has 0 spiro atoms. The van der Waals surface area contributed by atoms with Crippen molar-refractivity contribution in [1.82, 2.24) is 18.7 Å². The second kappa shape index (κ2) is 7.71. The van der Waals surface area contributed by atoms with E-state index in [1.807, 2.05) is 0 Å². The van der Waals surface area contributed by atoms with Gasteiger partial charge in [-0.25, -0.2) is 13.8 Å². The Bertz CT molecular complexity index is 1490. The second-order valence-electron chi connectivity index (χ2n) is 7.14. The lowest BCUT2D eigenvalue weighted by molar-refractivity contribution is 0.633. The van der Waals surface area contributed by atoms with Crippen LogP contribution < -0.4 is 27.6 Å². The molecule has 0 fully saturated rings. The Kier molecular flexibility index (Phi) is 5.06. The van der Waals surface area contributed by atoms with E-state index >= 15 is 0 Å². The Hall–Kier alpha value is -3.95. The lowest BCUT2D eigenvalue weighted by Crippen LogP contribution is -2.41. The molecule has 0 amide bonds. The molecular formula is C21H19BFN5O3. The molecule has 0 aliphatic heterocycles. The van der Waals surface area contributed by atoms with Gasteiger partial charge >= 0.3 is 5.69 Å². The van der Waals surface area contributed by atoms with Crippen molar-refractivity contribution in [3.63, 3.8) is 0 Å². The summed E-state index contributed by atoms with van der Waals surface area (Å²) in [6.07, 6.45) is 3.02. The van der Waals surface area contributed by atoms with Gasteiger partial charge in [-0.2, -0.15) is 0 Å². The van der Waals surface area contributed by atoms with Crippen LogP contribution >= 0.6 is 0 Å². The molecule has 0 saturated heterocycles. The molecule has 31 heavy (non-hydrogen) atoms. The van der Waals surface area contributed by atoms with Crippen LogP contribution in [0.25, 0.3) is 16.7 Å². The Balaban J connectivity index is 2.15. The van der Waals surface area contributed by atoms with E-state index in [4.69, 9.17) is 0 Å². The number of nitrogens with zero attached hydrogens (tertiary/aromatic N) is 4. The minimum Gasteiger partial charge on any atom is -0.352 e. The third kappa shape index (κ3) is 3.35. The van der Waals surface area contributed by atoms with Crippen molar-refractivity contribution in [3.8, 4) is 5.69 Å². The first-order valence-electron chi connectivity index (χ1n) is 9.66. The summed E-state index contributed by atoms with van der Waals surface area (Å²) in [5.74, 6) is -0.523. The number of pyridine rings is 2.